The van der Waals surface area contributed by atoms with Crippen LogP contribution in [-0.4, -0.2) is 38.8 Å². The van der Waals surface area contributed by atoms with Crippen molar-refractivity contribution >= 4 is 33.8 Å². The molecular weight excluding hydrogens is 442 g/mol. The molecule has 0 fully saturated rings. The van der Waals surface area contributed by atoms with Crippen LogP contribution in [0.3, 0.4) is 0 Å². The average Bonchev–Trinajstić information content (AvgIpc) is 3.07. The van der Waals surface area contributed by atoms with E-state index in [1.807, 2.05) is 49.6 Å². The van der Waals surface area contributed by atoms with Crippen LogP contribution in [0.25, 0.3) is 11.3 Å². The molecule has 0 aliphatic heterocycles. The molecule has 1 aromatic heterocycles. The van der Waals surface area contributed by atoms with Crippen LogP contribution in [0.15, 0.2) is 59.2 Å². The third kappa shape index (κ3) is 6.35. The molecule has 9 heteroatoms. The maximum Gasteiger partial charge on any atom is 0.414 e. The van der Waals surface area contributed by atoms with Crippen LogP contribution in [0.2, 0.25) is 0 Å². The molecule has 3 N–H and O–H groups in total. The topological polar surface area (TPSA) is 114 Å². The van der Waals surface area contributed by atoms with Crippen molar-refractivity contribution in [2.75, 3.05) is 12.4 Å². The lowest BCUT2D eigenvalue weighted by atomic mass is 10.1. The third-order valence-corrected chi connectivity index (χ3v) is 4.39. The van der Waals surface area contributed by atoms with Crippen molar-refractivity contribution in [3.05, 3.63) is 64.8 Å². The molecule has 29 heavy (non-hydrogen) atoms. The molecule has 3 rings (SSSR count). The number of benzene rings is 2. The van der Waals surface area contributed by atoms with E-state index >= 15 is 0 Å². The van der Waals surface area contributed by atoms with Crippen molar-refractivity contribution < 1.29 is 24.5 Å². The second kappa shape index (κ2) is 10.3. The Morgan fingerprint density at radius 3 is 2.34 bits per heavy atom. The summed E-state index contributed by atoms with van der Waals surface area (Å²) in [5.41, 5.74) is 3.37. The first-order chi connectivity index (χ1) is 13.8. The van der Waals surface area contributed by atoms with E-state index in [-0.39, 0.29) is 0 Å². The summed E-state index contributed by atoms with van der Waals surface area (Å²) >= 11 is 3.49. The second-order valence-electron chi connectivity index (χ2n) is 5.85. The Morgan fingerprint density at radius 2 is 1.79 bits per heavy atom. The van der Waals surface area contributed by atoms with E-state index < -0.39 is 11.9 Å². The standard InChI is InChI=1S/C18H18BrN3O.C2H2O4/c1-22-17(14-6-8-16(23-2)9-7-14)12-21-18(22)20-11-13-4-3-5-15(19)10-13;3-1(4)2(5)6/h3-10,12H,11H2,1-2H3,(H,20,21);(H,3,4)(H,5,6). The van der Waals surface area contributed by atoms with Crippen molar-refractivity contribution in [1.82, 2.24) is 9.55 Å². The molecule has 0 spiro atoms. The van der Waals surface area contributed by atoms with Crippen molar-refractivity contribution in [3.8, 4) is 17.0 Å². The van der Waals surface area contributed by atoms with E-state index in [0.29, 0.717) is 0 Å². The van der Waals surface area contributed by atoms with Gasteiger partial charge in [-0.3, -0.25) is 0 Å². The number of imidazole rings is 1. The number of carbonyl (C=O) groups is 2. The molecule has 1 heterocycles. The molecule has 3 aromatic rings. The largest absolute Gasteiger partial charge is 0.497 e. The first-order valence-electron chi connectivity index (χ1n) is 8.42. The number of hydrogen-bond acceptors (Lipinski definition) is 5. The number of methoxy groups -OCH3 is 1. The van der Waals surface area contributed by atoms with Crippen LogP contribution in [0.4, 0.5) is 5.95 Å². The molecule has 0 radical (unpaired) electrons. The number of aromatic nitrogens is 2. The molecule has 8 nitrogen and oxygen atoms in total. The smallest absolute Gasteiger partial charge is 0.414 e. The fourth-order valence-corrected chi connectivity index (χ4v) is 2.88. The lowest BCUT2D eigenvalue weighted by Crippen LogP contribution is -2.09. The zero-order valence-corrected chi connectivity index (χ0v) is 17.4. The van der Waals surface area contributed by atoms with Gasteiger partial charge in [0.1, 0.15) is 5.75 Å². The van der Waals surface area contributed by atoms with E-state index in [1.54, 1.807) is 7.11 Å². The highest BCUT2D eigenvalue weighted by atomic mass is 79.9. The Bertz CT molecular complexity index is 974. The molecule has 0 saturated carbocycles. The van der Waals surface area contributed by atoms with Crippen LogP contribution in [-0.2, 0) is 23.2 Å². The highest BCUT2D eigenvalue weighted by Crippen LogP contribution is 2.24. The van der Waals surface area contributed by atoms with Crippen molar-refractivity contribution in [2.24, 2.45) is 7.05 Å². The summed E-state index contributed by atoms with van der Waals surface area (Å²) in [7, 11) is 3.68. The van der Waals surface area contributed by atoms with Gasteiger partial charge in [-0.1, -0.05) is 28.1 Å². The van der Waals surface area contributed by atoms with Gasteiger partial charge in [-0.25, -0.2) is 14.6 Å². The van der Waals surface area contributed by atoms with Gasteiger partial charge in [0.15, 0.2) is 0 Å². The summed E-state index contributed by atoms with van der Waals surface area (Å²) in [4.78, 5) is 22.7. The van der Waals surface area contributed by atoms with Crippen LogP contribution < -0.4 is 10.1 Å². The number of halogens is 1. The molecule has 0 bridgehead atoms. The second-order valence-corrected chi connectivity index (χ2v) is 6.76. The van der Waals surface area contributed by atoms with Gasteiger partial charge in [-0.05, 0) is 42.0 Å². The average molecular weight is 462 g/mol. The minimum Gasteiger partial charge on any atom is -0.497 e. The van der Waals surface area contributed by atoms with E-state index in [9.17, 15) is 0 Å². The van der Waals surface area contributed by atoms with E-state index in [4.69, 9.17) is 24.5 Å². The van der Waals surface area contributed by atoms with Crippen LogP contribution in [0, 0.1) is 0 Å². The lowest BCUT2D eigenvalue weighted by Gasteiger charge is -2.09. The van der Waals surface area contributed by atoms with Gasteiger partial charge >= 0.3 is 11.9 Å². The zero-order chi connectivity index (χ0) is 21.4. The number of anilines is 1. The Hall–Kier alpha value is -3.33. The maximum atomic E-state index is 9.10. The van der Waals surface area contributed by atoms with Crippen LogP contribution >= 0.6 is 15.9 Å². The first-order valence-corrected chi connectivity index (χ1v) is 9.21. The minimum absolute atomic E-state index is 0.729. The Morgan fingerprint density at radius 1 is 1.14 bits per heavy atom. The van der Waals surface area contributed by atoms with E-state index in [1.165, 1.54) is 5.56 Å². The summed E-state index contributed by atoms with van der Waals surface area (Å²) in [6.07, 6.45) is 1.88. The molecule has 0 amide bonds. The molecule has 2 aromatic carbocycles. The van der Waals surface area contributed by atoms with Gasteiger partial charge in [0.05, 0.1) is 19.0 Å². The number of carboxylic acids is 2. The maximum absolute atomic E-state index is 9.10. The summed E-state index contributed by atoms with van der Waals surface area (Å²) in [6.45, 7) is 0.729. The number of rotatable bonds is 5. The van der Waals surface area contributed by atoms with Gasteiger partial charge < -0.3 is 24.8 Å². The number of hydrogen-bond donors (Lipinski definition) is 3. The lowest BCUT2D eigenvalue weighted by molar-refractivity contribution is -0.159. The van der Waals surface area contributed by atoms with E-state index in [0.717, 1.165) is 34.0 Å². The molecular formula is C20H20BrN3O5. The summed E-state index contributed by atoms with van der Waals surface area (Å²) in [5, 5.41) is 18.2. The number of carboxylic acid groups (broad SMARTS) is 2. The number of nitrogens with one attached hydrogen (secondary N) is 1. The Labute approximate surface area is 175 Å². The minimum atomic E-state index is -1.82. The molecule has 0 aliphatic rings. The van der Waals surface area contributed by atoms with Crippen molar-refractivity contribution in [1.29, 1.82) is 0 Å². The van der Waals surface area contributed by atoms with Gasteiger partial charge in [0, 0.05) is 23.6 Å². The van der Waals surface area contributed by atoms with Gasteiger partial charge in [0.25, 0.3) is 0 Å². The molecule has 0 unspecified atom stereocenters. The highest BCUT2D eigenvalue weighted by molar-refractivity contribution is 9.10. The molecule has 0 aliphatic carbocycles. The molecule has 0 saturated heterocycles. The third-order valence-electron chi connectivity index (χ3n) is 3.90. The molecule has 0 atom stereocenters. The van der Waals surface area contributed by atoms with Crippen molar-refractivity contribution in [3.63, 3.8) is 0 Å². The summed E-state index contributed by atoms with van der Waals surface area (Å²) in [5.74, 6) is -1.95. The SMILES string of the molecule is COc1ccc(-c2cnc(NCc3cccc(Br)c3)n2C)cc1.O=C(O)C(=O)O. The monoisotopic (exact) mass is 461 g/mol. The molecule has 152 valence electrons. The van der Waals surface area contributed by atoms with E-state index in [2.05, 4.69) is 42.9 Å². The van der Waals surface area contributed by atoms with Gasteiger partial charge in [-0.15, -0.1) is 0 Å². The quantitative estimate of drug-likeness (QED) is 0.497. The number of aliphatic carboxylic acids is 2. The van der Waals surface area contributed by atoms with Crippen molar-refractivity contribution in [2.45, 2.75) is 6.54 Å². The fraction of sp³-hybridized carbons (Fsp3) is 0.150. The number of ether oxygens (including phenoxy) is 1. The Kier molecular flexibility index (Phi) is 7.79. The zero-order valence-electron chi connectivity index (χ0n) is 15.8. The number of nitrogens with zero attached hydrogens (tertiary/aromatic N) is 2. The summed E-state index contributed by atoms with van der Waals surface area (Å²) in [6, 6.07) is 16.2. The fourth-order valence-electron chi connectivity index (χ4n) is 2.43. The van der Waals surface area contributed by atoms with Crippen LogP contribution in [0.1, 0.15) is 5.56 Å². The van der Waals surface area contributed by atoms with Gasteiger partial charge in [-0.2, -0.15) is 0 Å². The first kappa shape index (κ1) is 22.0. The van der Waals surface area contributed by atoms with Gasteiger partial charge in [0.2, 0.25) is 5.95 Å². The summed E-state index contributed by atoms with van der Waals surface area (Å²) < 4.78 is 8.33. The van der Waals surface area contributed by atoms with Crippen LogP contribution in [0.5, 0.6) is 5.75 Å². The normalized spacial score (nSPS) is 9.90. The predicted molar refractivity (Wildman–Crippen MR) is 112 cm³/mol. The predicted octanol–water partition coefficient (Wildman–Crippen LogP) is 3.63. The highest BCUT2D eigenvalue weighted by Gasteiger charge is 2.08. The Balaban J connectivity index is 0.000000438.